The summed E-state index contributed by atoms with van der Waals surface area (Å²) in [7, 11) is 0. The lowest BCUT2D eigenvalue weighted by Crippen LogP contribution is -2.10. The van der Waals surface area contributed by atoms with E-state index in [4.69, 9.17) is 5.73 Å². The van der Waals surface area contributed by atoms with Crippen molar-refractivity contribution in [3.63, 3.8) is 0 Å². The monoisotopic (exact) mass is 303 g/mol. The van der Waals surface area contributed by atoms with Gasteiger partial charge in [-0.3, -0.25) is 0 Å². The minimum absolute atomic E-state index is 0.168. The number of thioether (sulfide) groups is 1. The van der Waals surface area contributed by atoms with Crippen molar-refractivity contribution in [1.82, 2.24) is 0 Å². The molecule has 21 heavy (non-hydrogen) atoms. The molecule has 0 heterocycles. The van der Waals surface area contributed by atoms with E-state index in [0.717, 1.165) is 16.9 Å². The molecule has 0 aliphatic heterocycles. The molecule has 0 saturated heterocycles. The lowest BCUT2D eigenvalue weighted by molar-refractivity contribution is 0.590. The van der Waals surface area contributed by atoms with Gasteiger partial charge in [0.25, 0.3) is 0 Å². The van der Waals surface area contributed by atoms with Crippen LogP contribution in [0.2, 0.25) is 0 Å². The quantitative estimate of drug-likeness (QED) is 0.815. The van der Waals surface area contributed by atoms with Crippen molar-refractivity contribution < 1.29 is 4.39 Å². The molecule has 2 aromatic rings. The Kier molecular flexibility index (Phi) is 5.07. The molecule has 0 amide bonds. The number of hydrogen-bond acceptors (Lipinski definition) is 2. The zero-order chi connectivity index (χ0) is 15.5. The summed E-state index contributed by atoms with van der Waals surface area (Å²) >= 11 is 1.71. The topological polar surface area (TPSA) is 26.0 Å². The van der Waals surface area contributed by atoms with Crippen molar-refractivity contribution in [1.29, 1.82) is 0 Å². The highest BCUT2D eigenvalue weighted by molar-refractivity contribution is 7.98. The fourth-order valence-electron chi connectivity index (χ4n) is 2.14. The zero-order valence-electron chi connectivity index (χ0n) is 12.8. The Morgan fingerprint density at radius 1 is 1.00 bits per heavy atom. The number of benzene rings is 2. The van der Waals surface area contributed by atoms with Crippen molar-refractivity contribution in [2.75, 3.05) is 0 Å². The maximum atomic E-state index is 13.5. The lowest BCUT2D eigenvalue weighted by atomic mass is 9.87. The van der Waals surface area contributed by atoms with Crippen LogP contribution in [0.3, 0.4) is 0 Å². The van der Waals surface area contributed by atoms with E-state index in [-0.39, 0.29) is 11.2 Å². The van der Waals surface area contributed by atoms with Crippen molar-refractivity contribution in [3.05, 3.63) is 65.0 Å². The van der Waals surface area contributed by atoms with Crippen LogP contribution in [0, 0.1) is 5.82 Å². The highest BCUT2D eigenvalue weighted by Gasteiger charge is 2.12. The molecule has 0 aliphatic rings. The van der Waals surface area contributed by atoms with Crippen LogP contribution in [-0.4, -0.2) is 0 Å². The fourth-order valence-corrected chi connectivity index (χ4v) is 2.96. The first kappa shape index (κ1) is 16.1. The molecule has 2 rings (SSSR count). The third kappa shape index (κ3) is 4.58. The molecule has 0 fully saturated rings. The maximum Gasteiger partial charge on any atom is 0.123 e. The first-order valence-corrected chi connectivity index (χ1v) is 8.09. The molecule has 0 aromatic heterocycles. The molecule has 0 unspecified atom stereocenters. The largest absolute Gasteiger partial charge is 0.326 e. The Labute approximate surface area is 130 Å². The third-order valence-electron chi connectivity index (χ3n) is 3.38. The molecular weight excluding hydrogens is 281 g/mol. The van der Waals surface area contributed by atoms with Gasteiger partial charge in [-0.1, -0.05) is 39.0 Å². The Morgan fingerprint density at radius 2 is 1.62 bits per heavy atom. The normalized spacial score (nSPS) is 11.7. The smallest absolute Gasteiger partial charge is 0.123 e. The van der Waals surface area contributed by atoms with Crippen LogP contribution >= 0.6 is 11.8 Å². The van der Waals surface area contributed by atoms with Gasteiger partial charge in [0.1, 0.15) is 5.82 Å². The Morgan fingerprint density at radius 3 is 2.19 bits per heavy atom. The Balaban J connectivity index is 2.05. The number of nitrogens with two attached hydrogens (primary N) is 1. The van der Waals surface area contributed by atoms with E-state index in [2.05, 4.69) is 45.0 Å². The SMILES string of the molecule is CC(C)(C)c1ccc(SCc2cc(F)cc(CN)c2)cc1. The second-order valence-electron chi connectivity index (χ2n) is 6.23. The summed E-state index contributed by atoms with van der Waals surface area (Å²) in [6, 6.07) is 13.6. The predicted octanol–water partition coefficient (Wildman–Crippen LogP) is 4.87. The van der Waals surface area contributed by atoms with Crippen LogP contribution in [0.1, 0.15) is 37.5 Å². The predicted molar refractivity (Wildman–Crippen MR) is 89.0 cm³/mol. The highest BCUT2D eigenvalue weighted by Crippen LogP contribution is 2.27. The fraction of sp³-hybridized carbons (Fsp3) is 0.333. The number of halogens is 1. The summed E-state index contributed by atoms with van der Waals surface area (Å²) in [5, 5.41) is 0. The summed E-state index contributed by atoms with van der Waals surface area (Å²) in [4.78, 5) is 1.20. The van der Waals surface area contributed by atoms with Gasteiger partial charge < -0.3 is 5.73 Å². The minimum Gasteiger partial charge on any atom is -0.326 e. The second kappa shape index (κ2) is 6.63. The summed E-state index contributed by atoms with van der Waals surface area (Å²) in [5.41, 5.74) is 8.88. The molecule has 0 aliphatic carbocycles. The standard InChI is InChI=1S/C18H22FNS/c1-18(2,3)15-4-6-17(7-5-15)21-12-14-8-13(11-20)9-16(19)10-14/h4-10H,11-12,20H2,1-3H3. The first-order chi connectivity index (χ1) is 9.88. The van der Waals surface area contributed by atoms with Crippen LogP contribution in [0.25, 0.3) is 0 Å². The molecule has 112 valence electrons. The van der Waals surface area contributed by atoms with Crippen LogP contribution in [0.15, 0.2) is 47.4 Å². The van der Waals surface area contributed by atoms with Crippen LogP contribution < -0.4 is 5.73 Å². The van der Waals surface area contributed by atoms with Gasteiger partial charge in [-0.15, -0.1) is 11.8 Å². The Bertz CT molecular complexity index is 600. The van der Waals surface area contributed by atoms with Gasteiger partial charge in [0.05, 0.1) is 0 Å². The van der Waals surface area contributed by atoms with Gasteiger partial charge in [0.15, 0.2) is 0 Å². The third-order valence-corrected chi connectivity index (χ3v) is 4.46. The summed E-state index contributed by atoms with van der Waals surface area (Å²) in [5.74, 6) is 0.538. The molecule has 0 spiro atoms. The summed E-state index contributed by atoms with van der Waals surface area (Å²) < 4.78 is 13.5. The summed E-state index contributed by atoms with van der Waals surface area (Å²) in [6.45, 7) is 6.98. The second-order valence-corrected chi connectivity index (χ2v) is 7.28. The van der Waals surface area contributed by atoms with E-state index >= 15 is 0 Å². The van der Waals surface area contributed by atoms with Crippen LogP contribution in [0.5, 0.6) is 0 Å². The van der Waals surface area contributed by atoms with E-state index in [1.54, 1.807) is 17.8 Å². The molecule has 0 saturated carbocycles. The molecule has 0 bridgehead atoms. The summed E-state index contributed by atoms with van der Waals surface area (Å²) in [6.07, 6.45) is 0. The van der Waals surface area contributed by atoms with Gasteiger partial charge in [0, 0.05) is 17.2 Å². The van der Waals surface area contributed by atoms with E-state index < -0.39 is 0 Å². The highest BCUT2D eigenvalue weighted by atomic mass is 32.2. The van der Waals surface area contributed by atoms with Crippen LogP contribution in [0.4, 0.5) is 4.39 Å². The van der Waals surface area contributed by atoms with Crippen LogP contribution in [-0.2, 0) is 17.7 Å². The molecule has 1 nitrogen and oxygen atoms in total. The van der Waals surface area contributed by atoms with E-state index in [1.165, 1.54) is 16.5 Å². The average molecular weight is 303 g/mol. The molecule has 0 atom stereocenters. The van der Waals surface area contributed by atoms with Gasteiger partial charge in [-0.05, 0) is 46.4 Å². The van der Waals surface area contributed by atoms with Crippen molar-refractivity contribution in [2.24, 2.45) is 5.73 Å². The molecular formula is C18H22FNS. The minimum atomic E-state index is -0.211. The lowest BCUT2D eigenvalue weighted by Gasteiger charge is -2.19. The van der Waals surface area contributed by atoms with E-state index in [1.807, 2.05) is 6.07 Å². The van der Waals surface area contributed by atoms with Crippen molar-refractivity contribution >= 4 is 11.8 Å². The van der Waals surface area contributed by atoms with Gasteiger partial charge >= 0.3 is 0 Å². The van der Waals surface area contributed by atoms with E-state index in [9.17, 15) is 4.39 Å². The van der Waals surface area contributed by atoms with Gasteiger partial charge in [0.2, 0.25) is 0 Å². The van der Waals surface area contributed by atoms with E-state index in [0.29, 0.717) is 6.54 Å². The molecule has 2 aromatic carbocycles. The van der Waals surface area contributed by atoms with Gasteiger partial charge in [-0.25, -0.2) is 4.39 Å². The zero-order valence-corrected chi connectivity index (χ0v) is 13.6. The van der Waals surface area contributed by atoms with Gasteiger partial charge in [-0.2, -0.15) is 0 Å². The average Bonchev–Trinajstić information content (AvgIpc) is 2.44. The van der Waals surface area contributed by atoms with Crippen molar-refractivity contribution in [2.45, 2.75) is 43.4 Å². The first-order valence-electron chi connectivity index (χ1n) is 7.10. The molecule has 3 heteroatoms. The molecule has 0 radical (unpaired) electrons. The molecule has 2 N–H and O–H groups in total. The van der Waals surface area contributed by atoms with Crippen molar-refractivity contribution in [3.8, 4) is 0 Å². The number of hydrogen-bond donors (Lipinski definition) is 1. The maximum absolute atomic E-state index is 13.5. The number of rotatable bonds is 4. The Hall–Kier alpha value is -1.32.